The Morgan fingerprint density at radius 3 is 2.43 bits per heavy atom. The molecule has 3 aromatic rings. The quantitative estimate of drug-likeness (QED) is 0.652. The molecule has 1 heterocycles. The van der Waals surface area contributed by atoms with Gasteiger partial charge in [0.2, 0.25) is 5.91 Å². The molecule has 0 radical (unpaired) electrons. The number of carbonyl (C=O) groups is 2. The first-order chi connectivity index (χ1) is 13.4. The zero-order valence-corrected chi connectivity index (χ0v) is 15.2. The van der Waals surface area contributed by atoms with Gasteiger partial charge in [0.15, 0.2) is 5.13 Å². The van der Waals surface area contributed by atoms with Gasteiger partial charge in [0.05, 0.1) is 11.3 Å². The molecule has 0 fully saturated rings. The SMILES string of the molecule is O=C(CCNC(=O)c1ccc(F)cc1F)Nc1nc(-c2ccc(F)cc2)cs1. The highest BCUT2D eigenvalue weighted by molar-refractivity contribution is 7.14. The van der Waals surface area contributed by atoms with Gasteiger partial charge in [-0.25, -0.2) is 18.2 Å². The lowest BCUT2D eigenvalue weighted by Crippen LogP contribution is -2.28. The molecular formula is C19H14F3N3O2S. The Hall–Kier alpha value is -3.20. The van der Waals surface area contributed by atoms with Crippen molar-refractivity contribution in [2.45, 2.75) is 6.42 Å². The van der Waals surface area contributed by atoms with Crippen LogP contribution in [0.25, 0.3) is 11.3 Å². The Kier molecular flexibility index (Phi) is 6.05. The largest absolute Gasteiger partial charge is 0.351 e. The maximum atomic E-state index is 13.5. The fourth-order valence-corrected chi connectivity index (χ4v) is 3.06. The number of halogens is 3. The van der Waals surface area contributed by atoms with Crippen LogP contribution in [0.15, 0.2) is 47.8 Å². The first-order valence-corrected chi connectivity index (χ1v) is 9.05. The van der Waals surface area contributed by atoms with Gasteiger partial charge in [-0.15, -0.1) is 11.3 Å². The third-order valence-electron chi connectivity index (χ3n) is 3.70. The number of nitrogens with one attached hydrogen (secondary N) is 2. The van der Waals surface area contributed by atoms with Crippen LogP contribution in [-0.4, -0.2) is 23.3 Å². The Bertz CT molecular complexity index is 1010. The highest BCUT2D eigenvalue weighted by atomic mass is 32.1. The molecule has 0 unspecified atom stereocenters. The van der Waals surface area contributed by atoms with Crippen LogP contribution >= 0.6 is 11.3 Å². The molecule has 2 N–H and O–H groups in total. The van der Waals surface area contributed by atoms with E-state index in [-0.39, 0.29) is 30.3 Å². The third kappa shape index (κ3) is 4.95. The second kappa shape index (κ2) is 8.66. The monoisotopic (exact) mass is 405 g/mol. The maximum Gasteiger partial charge on any atom is 0.254 e. The zero-order chi connectivity index (χ0) is 20.1. The predicted molar refractivity (Wildman–Crippen MR) is 99.4 cm³/mol. The summed E-state index contributed by atoms with van der Waals surface area (Å²) in [6.45, 7) is -0.0301. The lowest BCUT2D eigenvalue weighted by atomic mass is 10.2. The van der Waals surface area contributed by atoms with Gasteiger partial charge in [-0.2, -0.15) is 0 Å². The fraction of sp³-hybridized carbons (Fsp3) is 0.105. The van der Waals surface area contributed by atoms with Crippen molar-refractivity contribution in [2.24, 2.45) is 0 Å². The number of hydrogen-bond acceptors (Lipinski definition) is 4. The van der Waals surface area contributed by atoms with Gasteiger partial charge in [0, 0.05) is 30.0 Å². The highest BCUT2D eigenvalue weighted by Gasteiger charge is 2.13. The van der Waals surface area contributed by atoms with Gasteiger partial charge in [0.1, 0.15) is 17.5 Å². The van der Waals surface area contributed by atoms with E-state index < -0.39 is 17.5 Å². The van der Waals surface area contributed by atoms with E-state index in [0.717, 1.165) is 12.1 Å². The van der Waals surface area contributed by atoms with E-state index in [0.29, 0.717) is 22.5 Å². The minimum absolute atomic E-state index is 0.0301. The lowest BCUT2D eigenvalue weighted by molar-refractivity contribution is -0.116. The van der Waals surface area contributed by atoms with Crippen molar-refractivity contribution in [1.82, 2.24) is 10.3 Å². The topological polar surface area (TPSA) is 71.1 Å². The van der Waals surface area contributed by atoms with Crippen molar-refractivity contribution < 1.29 is 22.8 Å². The summed E-state index contributed by atoms with van der Waals surface area (Å²) < 4.78 is 39.3. The number of anilines is 1. The molecule has 0 saturated heterocycles. The van der Waals surface area contributed by atoms with Gasteiger partial charge in [0.25, 0.3) is 5.91 Å². The van der Waals surface area contributed by atoms with E-state index in [1.165, 1.54) is 23.5 Å². The molecule has 0 aliphatic rings. The summed E-state index contributed by atoms with van der Waals surface area (Å²) in [4.78, 5) is 28.1. The van der Waals surface area contributed by atoms with Gasteiger partial charge in [-0.05, 0) is 36.4 Å². The molecule has 5 nitrogen and oxygen atoms in total. The van der Waals surface area contributed by atoms with Crippen LogP contribution in [-0.2, 0) is 4.79 Å². The molecule has 0 atom stereocenters. The molecule has 0 saturated carbocycles. The Morgan fingerprint density at radius 1 is 1.00 bits per heavy atom. The summed E-state index contributed by atoms with van der Waals surface area (Å²) >= 11 is 1.21. The maximum absolute atomic E-state index is 13.5. The Morgan fingerprint density at radius 2 is 1.71 bits per heavy atom. The first kappa shape index (κ1) is 19.6. The Labute approximate surface area is 162 Å². The number of hydrogen-bond donors (Lipinski definition) is 2. The lowest BCUT2D eigenvalue weighted by Gasteiger charge is -2.06. The van der Waals surface area contributed by atoms with Gasteiger partial charge < -0.3 is 10.6 Å². The summed E-state index contributed by atoms with van der Waals surface area (Å²) in [5.74, 6) is -3.23. The van der Waals surface area contributed by atoms with Gasteiger partial charge in [-0.3, -0.25) is 9.59 Å². The minimum Gasteiger partial charge on any atom is -0.351 e. The number of amides is 2. The average molecular weight is 405 g/mol. The molecule has 2 aromatic carbocycles. The molecule has 144 valence electrons. The number of thiazole rings is 1. The summed E-state index contributed by atoms with van der Waals surface area (Å²) in [6, 6.07) is 8.43. The van der Waals surface area contributed by atoms with Crippen molar-refractivity contribution >= 4 is 28.3 Å². The van der Waals surface area contributed by atoms with Crippen LogP contribution < -0.4 is 10.6 Å². The highest BCUT2D eigenvalue weighted by Crippen LogP contribution is 2.25. The molecule has 3 rings (SSSR count). The first-order valence-electron chi connectivity index (χ1n) is 8.17. The molecule has 0 aliphatic heterocycles. The molecule has 0 aliphatic carbocycles. The average Bonchev–Trinajstić information content (AvgIpc) is 3.10. The molecule has 1 aromatic heterocycles. The van der Waals surface area contributed by atoms with E-state index in [1.54, 1.807) is 17.5 Å². The van der Waals surface area contributed by atoms with Gasteiger partial charge >= 0.3 is 0 Å². The van der Waals surface area contributed by atoms with E-state index >= 15 is 0 Å². The summed E-state index contributed by atoms with van der Waals surface area (Å²) in [5.41, 5.74) is 1.01. The number of aromatic nitrogens is 1. The van der Waals surface area contributed by atoms with E-state index in [9.17, 15) is 22.8 Å². The van der Waals surface area contributed by atoms with E-state index in [1.807, 2.05) is 0 Å². The molecule has 0 spiro atoms. The molecule has 9 heteroatoms. The van der Waals surface area contributed by atoms with Crippen LogP contribution in [0.2, 0.25) is 0 Å². The number of carbonyl (C=O) groups excluding carboxylic acids is 2. The predicted octanol–water partition coefficient (Wildman–Crippen LogP) is 3.99. The van der Waals surface area contributed by atoms with E-state index in [4.69, 9.17) is 0 Å². The van der Waals surface area contributed by atoms with Crippen molar-refractivity contribution in [3.63, 3.8) is 0 Å². The second-order valence-electron chi connectivity index (χ2n) is 5.72. The van der Waals surface area contributed by atoms with Crippen molar-refractivity contribution in [2.75, 3.05) is 11.9 Å². The van der Waals surface area contributed by atoms with Crippen LogP contribution in [0.3, 0.4) is 0 Å². The number of benzene rings is 2. The van der Waals surface area contributed by atoms with Gasteiger partial charge in [-0.1, -0.05) is 0 Å². The second-order valence-corrected chi connectivity index (χ2v) is 6.58. The molecule has 0 bridgehead atoms. The fourth-order valence-electron chi connectivity index (χ4n) is 2.32. The Balaban J connectivity index is 1.49. The number of nitrogens with zero attached hydrogens (tertiary/aromatic N) is 1. The van der Waals surface area contributed by atoms with Crippen molar-refractivity contribution in [1.29, 1.82) is 0 Å². The van der Waals surface area contributed by atoms with Crippen LogP contribution in [0.4, 0.5) is 18.3 Å². The standard InChI is InChI=1S/C19H14F3N3O2S/c20-12-3-1-11(2-4-12)16-10-28-19(24-16)25-17(26)7-8-23-18(27)14-6-5-13(21)9-15(14)22/h1-6,9-10H,7-8H2,(H,23,27)(H,24,25,26). The smallest absolute Gasteiger partial charge is 0.254 e. The van der Waals surface area contributed by atoms with E-state index in [2.05, 4.69) is 15.6 Å². The van der Waals surface area contributed by atoms with Crippen molar-refractivity contribution in [3.05, 3.63) is 70.9 Å². The zero-order valence-electron chi connectivity index (χ0n) is 14.3. The van der Waals surface area contributed by atoms with Crippen molar-refractivity contribution in [3.8, 4) is 11.3 Å². The molecule has 2 amide bonds. The molecule has 28 heavy (non-hydrogen) atoms. The molecular weight excluding hydrogens is 391 g/mol. The minimum atomic E-state index is -0.974. The normalized spacial score (nSPS) is 10.5. The number of rotatable bonds is 6. The summed E-state index contributed by atoms with van der Waals surface area (Å²) in [7, 11) is 0. The van der Waals surface area contributed by atoms with Crippen LogP contribution in [0.5, 0.6) is 0 Å². The van der Waals surface area contributed by atoms with Crippen LogP contribution in [0, 0.1) is 17.5 Å². The summed E-state index contributed by atoms with van der Waals surface area (Å²) in [5, 5.41) is 7.08. The summed E-state index contributed by atoms with van der Waals surface area (Å²) in [6.07, 6.45) is -0.0555. The third-order valence-corrected chi connectivity index (χ3v) is 4.46. The van der Waals surface area contributed by atoms with Crippen LogP contribution in [0.1, 0.15) is 16.8 Å².